The maximum absolute atomic E-state index is 11.1. The second-order valence-electron chi connectivity index (χ2n) is 4.11. The normalized spacial score (nSPS) is 14.0. The van der Waals surface area contributed by atoms with Gasteiger partial charge >= 0.3 is 5.97 Å². The minimum Gasteiger partial charge on any atom is -0.482 e. The first kappa shape index (κ1) is 12.3. The molecule has 1 aliphatic rings. The van der Waals surface area contributed by atoms with E-state index in [0.717, 1.165) is 23.5 Å². The Hall–Kier alpha value is -1.16. The average molecular weight is 252 g/mol. The number of fused-ring (bicyclic) bond motifs is 1. The molecule has 0 aromatic heterocycles. The molecule has 0 atom stereocenters. The third kappa shape index (κ3) is 2.75. The third-order valence-electron chi connectivity index (χ3n) is 3.04. The molecule has 0 bridgehead atoms. The van der Waals surface area contributed by atoms with Crippen molar-refractivity contribution >= 4 is 18.6 Å². The number of methoxy groups -OCH3 is 1. The lowest BCUT2D eigenvalue weighted by Crippen LogP contribution is -2.15. The topological polar surface area (TPSA) is 35.5 Å². The van der Waals surface area contributed by atoms with Crippen molar-refractivity contribution in [1.82, 2.24) is 0 Å². The first-order valence-electron chi connectivity index (χ1n) is 5.75. The molecule has 0 aliphatic heterocycles. The van der Waals surface area contributed by atoms with Gasteiger partial charge < -0.3 is 9.47 Å². The van der Waals surface area contributed by atoms with Crippen LogP contribution in [0.4, 0.5) is 0 Å². The van der Waals surface area contributed by atoms with E-state index >= 15 is 0 Å². The molecule has 0 saturated carbocycles. The molecule has 2 rings (SSSR count). The number of hydrogen-bond acceptors (Lipinski definition) is 4. The molecule has 17 heavy (non-hydrogen) atoms. The van der Waals surface area contributed by atoms with Crippen LogP contribution in [0.3, 0.4) is 0 Å². The van der Waals surface area contributed by atoms with Crippen LogP contribution in [0.25, 0.3) is 0 Å². The number of carbonyl (C=O) groups excluding carboxylic acids is 1. The van der Waals surface area contributed by atoms with Crippen molar-refractivity contribution in [2.45, 2.75) is 30.6 Å². The van der Waals surface area contributed by atoms with Crippen molar-refractivity contribution in [1.29, 1.82) is 0 Å². The summed E-state index contributed by atoms with van der Waals surface area (Å²) in [5, 5.41) is 0. The summed E-state index contributed by atoms with van der Waals surface area (Å²) in [5.41, 5.74) is 2.47. The first-order valence-corrected chi connectivity index (χ1v) is 6.20. The molecule has 0 radical (unpaired) electrons. The van der Waals surface area contributed by atoms with Crippen LogP contribution in [-0.2, 0) is 22.4 Å². The van der Waals surface area contributed by atoms with Crippen molar-refractivity contribution in [3.8, 4) is 5.75 Å². The molecule has 0 amide bonds. The van der Waals surface area contributed by atoms with E-state index in [4.69, 9.17) is 4.74 Å². The molecule has 0 spiro atoms. The van der Waals surface area contributed by atoms with Gasteiger partial charge in [0.05, 0.1) is 7.11 Å². The Morgan fingerprint density at radius 1 is 1.29 bits per heavy atom. The van der Waals surface area contributed by atoms with Gasteiger partial charge in [-0.2, -0.15) is 0 Å². The van der Waals surface area contributed by atoms with Crippen molar-refractivity contribution < 1.29 is 14.3 Å². The smallest absolute Gasteiger partial charge is 0.343 e. The van der Waals surface area contributed by atoms with Crippen LogP contribution in [0, 0.1) is 0 Å². The number of ether oxygens (including phenoxy) is 2. The van der Waals surface area contributed by atoms with E-state index in [1.807, 2.05) is 12.1 Å². The molecular formula is C13H16O3S. The van der Waals surface area contributed by atoms with Crippen LogP contribution < -0.4 is 4.74 Å². The highest BCUT2D eigenvalue weighted by Crippen LogP contribution is 2.33. The predicted molar refractivity (Wildman–Crippen MR) is 67.8 cm³/mol. The highest BCUT2D eigenvalue weighted by Gasteiger charge is 2.17. The summed E-state index contributed by atoms with van der Waals surface area (Å²) in [6.45, 7) is -0.0329. The Labute approximate surface area is 107 Å². The summed E-state index contributed by atoms with van der Waals surface area (Å²) < 4.78 is 10.1. The third-order valence-corrected chi connectivity index (χ3v) is 3.46. The lowest BCUT2D eigenvalue weighted by atomic mass is 9.91. The lowest BCUT2D eigenvalue weighted by Gasteiger charge is -2.20. The Balaban J connectivity index is 2.20. The molecule has 0 N–H and O–H groups in total. The Bertz CT molecular complexity index is 429. The molecule has 0 saturated heterocycles. The lowest BCUT2D eigenvalue weighted by molar-refractivity contribution is -0.142. The van der Waals surface area contributed by atoms with Gasteiger partial charge in [0.1, 0.15) is 5.75 Å². The molecule has 1 aliphatic carbocycles. The number of rotatable bonds is 3. The van der Waals surface area contributed by atoms with Crippen LogP contribution in [0.2, 0.25) is 0 Å². The zero-order valence-electron chi connectivity index (χ0n) is 9.86. The zero-order valence-corrected chi connectivity index (χ0v) is 10.8. The van der Waals surface area contributed by atoms with E-state index in [2.05, 4.69) is 17.4 Å². The molecule has 92 valence electrons. The summed E-state index contributed by atoms with van der Waals surface area (Å²) in [6.07, 6.45) is 4.41. The van der Waals surface area contributed by atoms with E-state index in [1.165, 1.54) is 31.1 Å². The Kier molecular flexibility index (Phi) is 3.94. The van der Waals surface area contributed by atoms with Gasteiger partial charge in [-0.15, -0.1) is 12.6 Å². The summed E-state index contributed by atoms with van der Waals surface area (Å²) in [4.78, 5) is 12.1. The summed E-state index contributed by atoms with van der Waals surface area (Å²) >= 11 is 4.46. The minimum atomic E-state index is -0.357. The number of hydrogen-bond donors (Lipinski definition) is 1. The van der Waals surface area contributed by atoms with Gasteiger partial charge in [-0.1, -0.05) is 0 Å². The number of thiol groups is 1. The molecule has 3 nitrogen and oxygen atoms in total. The van der Waals surface area contributed by atoms with Crippen molar-refractivity contribution in [3.05, 3.63) is 23.3 Å². The molecule has 0 fully saturated rings. The van der Waals surface area contributed by atoms with Crippen LogP contribution >= 0.6 is 12.6 Å². The van der Waals surface area contributed by atoms with E-state index in [1.54, 1.807) is 0 Å². The fraction of sp³-hybridized carbons (Fsp3) is 0.462. The van der Waals surface area contributed by atoms with E-state index in [0.29, 0.717) is 0 Å². The van der Waals surface area contributed by atoms with Gasteiger partial charge in [0.15, 0.2) is 6.61 Å². The van der Waals surface area contributed by atoms with Crippen LogP contribution in [0.15, 0.2) is 17.0 Å². The largest absolute Gasteiger partial charge is 0.482 e. The Morgan fingerprint density at radius 2 is 2.00 bits per heavy atom. The van der Waals surface area contributed by atoms with Crippen LogP contribution in [0.1, 0.15) is 24.0 Å². The van der Waals surface area contributed by atoms with Crippen molar-refractivity contribution in [2.24, 2.45) is 0 Å². The van der Waals surface area contributed by atoms with Crippen LogP contribution in [0.5, 0.6) is 5.75 Å². The van der Waals surface area contributed by atoms with Gasteiger partial charge in [0.25, 0.3) is 0 Å². The van der Waals surface area contributed by atoms with Crippen molar-refractivity contribution in [2.75, 3.05) is 13.7 Å². The van der Waals surface area contributed by atoms with Gasteiger partial charge in [-0.25, -0.2) is 4.79 Å². The SMILES string of the molecule is COC(=O)COc1ccc(S)c2c1CCCC2. The van der Waals surface area contributed by atoms with E-state index in [-0.39, 0.29) is 12.6 Å². The van der Waals surface area contributed by atoms with E-state index in [9.17, 15) is 4.79 Å². The van der Waals surface area contributed by atoms with Crippen molar-refractivity contribution in [3.63, 3.8) is 0 Å². The van der Waals surface area contributed by atoms with E-state index < -0.39 is 0 Å². The first-order chi connectivity index (χ1) is 8.22. The highest BCUT2D eigenvalue weighted by atomic mass is 32.1. The number of benzene rings is 1. The molecule has 1 aromatic rings. The molecule has 4 heteroatoms. The predicted octanol–water partition coefficient (Wildman–Crippen LogP) is 2.41. The molecule has 0 heterocycles. The maximum Gasteiger partial charge on any atom is 0.343 e. The number of esters is 1. The fourth-order valence-corrected chi connectivity index (χ4v) is 2.47. The Morgan fingerprint density at radius 3 is 2.71 bits per heavy atom. The monoisotopic (exact) mass is 252 g/mol. The number of carbonyl (C=O) groups is 1. The second-order valence-corrected chi connectivity index (χ2v) is 4.59. The minimum absolute atomic E-state index is 0.0329. The zero-order chi connectivity index (χ0) is 12.3. The highest BCUT2D eigenvalue weighted by molar-refractivity contribution is 7.80. The maximum atomic E-state index is 11.1. The summed E-state index contributed by atoms with van der Waals surface area (Å²) in [6, 6.07) is 3.81. The standard InChI is InChI=1S/C13H16O3S/c1-15-13(14)8-16-11-6-7-12(17)10-5-3-2-4-9(10)11/h6-7,17H,2-5,8H2,1H3. The van der Waals surface area contributed by atoms with Gasteiger partial charge in [0, 0.05) is 4.90 Å². The van der Waals surface area contributed by atoms with Gasteiger partial charge in [-0.05, 0) is 48.9 Å². The molecule has 1 aromatic carbocycles. The summed E-state index contributed by atoms with van der Waals surface area (Å²) in [5.74, 6) is 0.437. The fourth-order valence-electron chi connectivity index (χ4n) is 2.15. The molecular weight excluding hydrogens is 236 g/mol. The van der Waals surface area contributed by atoms with Gasteiger partial charge in [0.2, 0.25) is 0 Å². The quantitative estimate of drug-likeness (QED) is 0.663. The summed E-state index contributed by atoms with van der Waals surface area (Å²) in [7, 11) is 1.36. The molecule has 0 unspecified atom stereocenters. The second kappa shape index (κ2) is 5.45. The average Bonchev–Trinajstić information content (AvgIpc) is 2.38. The van der Waals surface area contributed by atoms with Gasteiger partial charge in [-0.3, -0.25) is 0 Å². The van der Waals surface area contributed by atoms with Crippen LogP contribution in [-0.4, -0.2) is 19.7 Å².